The number of ether oxygens (including phenoxy) is 2. The van der Waals surface area contributed by atoms with Gasteiger partial charge >= 0.3 is 0 Å². The third-order valence-electron chi connectivity index (χ3n) is 11.7. The van der Waals surface area contributed by atoms with Crippen molar-refractivity contribution in [3.8, 4) is 11.5 Å². The number of pyridine rings is 1. The van der Waals surface area contributed by atoms with Gasteiger partial charge in [0.25, 0.3) is 11.6 Å². The van der Waals surface area contributed by atoms with Crippen LogP contribution in [0.15, 0.2) is 102 Å². The fraction of sp³-hybridized carbons (Fsp3) is 0.348. The minimum absolute atomic E-state index is 0.0657. The second kappa shape index (κ2) is 17.8. The number of allylic oxidation sites excluding steroid dienone is 1. The number of rotatable bonds is 13. The van der Waals surface area contributed by atoms with Gasteiger partial charge in [-0.25, -0.2) is 9.37 Å². The largest absolute Gasteiger partial charge is 0.455 e. The van der Waals surface area contributed by atoms with Gasteiger partial charge in [-0.05, 0) is 114 Å². The monoisotopic (exact) mass is 850 g/mol. The van der Waals surface area contributed by atoms with E-state index >= 15 is 4.39 Å². The number of aromatic nitrogens is 2. The minimum atomic E-state index is -1.51. The number of H-pyrrole nitrogens is 1. The van der Waals surface area contributed by atoms with E-state index in [0.717, 1.165) is 78.9 Å². The zero-order chi connectivity index (χ0) is 41.9. The van der Waals surface area contributed by atoms with Crippen molar-refractivity contribution in [1.82, 2.24) is 19.6 Å². The van der Waals surface area contributed by atoms with Gasteiger partial charge in [0.05, 0.1) is 16.7 Å². The Labute approximate surface area is 358 Å². The Hall–Kier alpha value is -5.21. The first-order valence-corrected chi connectivity index (χ1v) is 21.5. The normalized spacial score (nSPS) is 17.9. The number of carbonyl (C=O) groups excluding carboxylic acids is 1. The first-order valence-electron chi connectivity index (χ1n) is 20.3. The van der Waals surface area contributed by atoms with E-state index in [2.05, 4.69) is 57.0 Å². The van der Waals surface area contributed by atoms with Crippen molar-refractivity contribution in [3.05, 3.63) is 129 Å². The summed E-state index contributed by atoms with van der Waals surface area (Å²) in [5.74, 6) is 0.386. The van der Waals surface area contributed by atoms with E-state index in [4.69, 9.17) is 21.1 Å². The zero-order valence-corrected chi connectivity index (χ0v) is 35.3. The highest BCUT2D eigenvalue weighted by Crippen LogP contribution is 2.44. The summed E-state index contributed by atoms with van der Waals surface area (Å²) in [4.78, 5) is 35.8. The Bertz CT molecular complexity index is 2460. The molecular formula is C46H48ClFN6O5S. The average molecular weight is 851 g/mol. The number of nitrogens with zero attached hydrogens (tertiary/aromatic N) is 3. The molecule has 1 amide bonds. The van der Waals surface area contributed by atoms with Crippen LogP contribution in [-0.2, 0) is 4.74 Å². The number of nitro groups is 1. The number of alkyl halides is 1. The predicted molar refractivity (Wildman–Crippen MR) is 236 cm³/mol. The number of aromatic amines is 1. The van der Waals surface area contributed by atoms with Gasteiger partial charge < -0.3 is 19.8 Å². The molecule has 1 saturated heterocycles. The molecule has 0 atom stereocenters. The summed E-state index contributed by atoms with van der Waals surface area (Å²) in [5, 5.41) is 16.6. The molecule has 1 aliphatic carbocycles. The SMILES string of the molecule is CC1(C)CCC(CN2CC=C(c3ccc(C(=O)NSc4ccc(NCC5(F)CCOCC5)c([N+](=O)[O-])c4)c(Oc4cnc5[nH]ccc5c4)c3)CC2)=C(c2ccc(Cl)cc2)C1. The lowest BCUT2D eigenvalue weighted by atomic mass is 9.72. The number of benzene rings is 3. The lowest BCUT2D eigenvalue weighted by molar-refractivity contribution is -0.384. The number of hydrogen-bond acceptors (Lipinski definition) is 9. The van der Waals surface area contributed by atoms with Gasteiger partial charge in [0.15, 0.2) is 0 Å². The molecule has 1 fully saturated rings. The van der Waals surface area contributed by atoms with Crippen molar-refractivity contribution in [3.63, 3.8) is 0 Å². The fourth-order valence-electron chi connectivity index (χ4n) is 8.15. The summed E-state index contributed by atoms with van der Waals surface area (Å²) < 4.78 is 29.7. The van der Waals surface area contributed by atoms with E-state index in [-0.39, 0.29) is 41.7 Å². The molecule has 4 heterocycles. The lowest BCUT2D eigenvalue weighted by Gasteiger charge is -2.36. The summed E-state index contributed by atoms with van der Waals surface area (Å²) in [6.07, 6.45) is 10.2. The van der Waals surface area contributed by atoms with Crippen LogP contribution in [-0.4, -0.2) is 70.8 Å². The van der Waals surface area contributed by atoms with Crippen LogP contribution >= 0.6 is 23.5 Å². The Morgan fingerprint density at radius 2 is 1.85 bits per heavy atom. The van der Waals surface area contributed by atoms with Crippen LogP contribution in [0, 0.1) is 15.5 Å². The topological polar surface area (TPSA) is 135 Å². The van der Waals surface area contributed by atoms with Gasteiger partial charge in [0.2, 0.25) is 0 Å². The first kappa shape index (κ1) is 41.5. The van der Waals surface area contributed by atoms with Crippen molar-refractivity contribution in [2.24, 2.45) is 5.41 Å². The summed E-state index contributed by atoms with van der Waals surface area (Å²) in [6.45, 7) is 7.85. The number of amides is 1. The molecule has 14 heteroatoms. The van der Waals surface area contributed by atoms with Crippen LogP contribution in [0.25, 0.3) is 22.2 Å². The maximum Gasteiger partial charge on any atom is 0.293 e. The smallest absolute Gasteiger partial charge is 0.293 e. The highest BCUT2D eigenvalue weighted by Gasteiger charge is 2.33. The third kappa shape index (κ3) is 9.87. The van der Waals surface area contributed by atoms with Crippen LogP contribution in [0.3, 0.4) is 0 Å². The molecule has 312 valence electrons. The Morgan fingerprint density at radius 3 is 2.62 bits per heavy atom. The van der Waals surface area contributed by atoms with Crippen LogP contribution in [0.5, 0.6) is 11.5 Å². The van der Waals surface area contributed by atoms with Crippen molar-refractivity contribution in [2.45, 2.75) is 62.9 Å². The van der Waals surface area contributed by atoms with E-state index in [1.165, 1.54) is 34.4 Å². The minimum Gasteiger partial charge on any atom is -0.455 e. The van der Waals surface area contributed by atoms with Gasteiger partial charge in [-0.1, -0.05) is 55.3 Å². The molecule has 0 radical (unpaired) electrons. The van der Waals surface area contributed by atoms with Crippen LogP contribution < -0.4 is 14.8 Å². The van der Waals surface area contributed by atoms with E-state index in [1.54, 1.807) is 24.5 Å². The zero-order valence-electron chi connectivity index (χ0n) is 33.7. The molecule has 0 spiro atoms. The van der Waals surface area contributed by atoms with E-state index in [1.807, 2.05) is 36.4 Å². The first-order chi connectivity index (χ1) is 28.9. The fourth-order valence-corrected chi connectivity index (χ4v) is 8.90. The summed E-state index contributed by atoms with van der Waals surface area (Å²) >= 11 is 7.20. The van der Waals surface area contributed by atoms with Gasteiger partial charge in [0, 0.05) is 79.8 Å². The molecule has 0 unspecified atom stereocenters. The van der Waals surface area contributed by atoms with E-state index in [0.29, 0.717) is 29.6 Å². The molecule has 8 rings (SSSR count). The lowest BCUT2D eigenvalue weighted by Crippen LogP contribution is -2.38. The third-order valence-corrected chi connectivity index (χ3v) is 12.7. The van der Waals surface area contributed by atoms with Crippen molar-refractivity contribution < 1.29 is 23.6 Å². The van der Waals surface area contributed by atoms with Crippen molar-refractivity contribution in [2.75, 3.05) is 44.7 Å². The summed E-state index contributed by atoms with van der Waals surface area (Å²) in [5.41, 5.74) is 6.05. The highest BCUT2D eigenvalue weighted by molar-refractivity contribution is 7.98. The number of carbonyl (C=O) groups is 1. The molecule has 3 aliphatic rings. The molecule has 0 bridgehead atoms. The standard InChI is InChI=1S/C46H48ClFN6O5S/c1-45(2)15-11-34(39(26-45)31-3-6-35(47)7-4-31)28-53-19-13-30(14-20-53)32-5-9-38(42(24-32)59-36-23-33-12-18-49-43(33)50-27-36)44(55)52-60-37-8-10-40(41(25-37)54(56)57)51-29-46(48)16-21-58-22-17-46/h3-10,12-13,18,23-25,27,51H,11,14-17,19-22,26,28-29H2,1-2H3,(H,49,50)(H,52,55). The second-order valence-corrected chi connectivity index (χ2v) is 17.9. The molecule has 0 saturated carbocycles. The van der Waals surface area contributed by atoms with Crippen LogP contribution in [0.1, 0.15) is 73.9 Å². The molecule has 60 heavy (non-hydrogen) atoms. The van der Waals surface area contributed by atoms with Gasteiger partial charge in [-0.3, -0.25) is 24.5 Å². The van der Waals surface area contributed by atoms with E-state index < -0.39 is 16.5 Å². The molecule has 5 aromatic rings. The predicted octanol–water partition coefficient (Wildman–Crippen LogP) is 11.0. The molecule has 2 aliphatic heterocycles. The molecule has 3 N–H and O–H groups in total. The number of halogens is 2. The summed E-state index contributed by atoms with van der Waals surface area (Å²) in [6, 6.07) is 22.1. The van der Waals surface area contributed by atoms with Crippen LogP contribution in [0.4, 0.5) is 15.8 Å². The Balaban J connectivity index is 0.992. The molecule has 11 nitrogen and oxygen atoms in total. The van der Waals surface area contributed by atoms with Crippen molar-refractivity contribution in [1.29, 1.82) is 0 Å². The Morgan fingerprint density at radius 1 is 1.05 bits per heavy atom. The van der Waals surface area contributed by atoms with Gasteiger partial charge in [-0.15, -0.1) is 0 Å². The highest BCUT2D eigenvalue weighted by atomic mass is 35.5. The number of hydrogen-bond donors (Lipinski definition) is 3. The summed E-state index contributed by atoms with van der Waals surface area (Å²) in [7, 11) is 0. The number of anilines is 1. The van der Waals surface area contributed by atoms with Gasteiger partial charge in [0.1, 0.15) is 28.5 Å². The number of nitro benzene ring substituents is 1. The number of fused-ring (bicyclic) bond motifs is 1. The van der Waals surface area contributed by atoms with Crippen LogP contribution in [0.2, 0.25) is 5.02 Å². The van der Waals surface area contributed by atoms with Crippen molar-refractivity contribution >= 4 is 63.0 Å². The van der Waals surface area contributed by atoms with E-state index in [9.17, 15) is 14.9 Å². The second-order valence-electron chi connectivity index (χ2n) is 16.6. The molecular weight excluding hydrogens is 803 g/mol. The van der Waals surface area contributed by atoms with Gasteiger partial charge in [-0.2, -0.15) is 0 Å². The molecule has 2 aromatic heterocycles. The quantitative estimate of drug-likeness (QED) is 0.0601. The maximum atomic E-state index is 15.2. The average Bonchev–Trinajstić information content (AvgIpc) is 3.72. The number of nitrogens with one attached hydrogen (secondary N) is 3. The maximum absolute atomic E-state index is 15.2. The Kier molecular flexibility index (Phi) is 12.3. The molecule has 3 aromatic carbocycles.